The van der Waals surface area contributed by atoms with Gasteiger partial charge in [0.15, 0.2) is 16.9 Å². The lowest BCUT2D eigenvalue weighted by atomic mass is 10.0. The number of carbonyl (C=O) groups is 1. The maximum absolute atomic E-state index is 12.5. The molecule has 138 valence electrons. The third-order valence-corrected chi connectivity index (χ3v) is 3.99. The molecule has 2 aromatic rings. The molecule has 1 aromatic heterocycles. The molecule has 26 heavy (non-hydrogen) atoms. The number of hydrogen-bond donors (Lipinski definition) is 1. The molecular weight excluding hydrogens is 336 g/mol. The van der Waals surface area contributed by atoms with Gasteiger partial charge in [-0.15, -0.1) is 0 Å². The van der Waals surface area contributed by atoms with Crippen molar-refractivity contribution < 1.29 is 19.0 Å². The number of methoxy groups -OCH3 is 2. The number of rotatable bonds is 3. The fourth-order valence-electron chi connectivity index (χ4n) is 2.83. The first kappa shape index (κ1) is 17.8. The van der Waals surface area contributed by atoms with Gasteiger partial charge in [-0.2, -0.15) is 0 Å². The molecule has 0 unspecified atom stereocenters. The molecule has 0 saturated carbocycles. The highest BCUT2D eigenvalue weighted by atomic mass is 16.6. The molecule has 2 heterocycles. The van der Waals surface area contributed by atoms with Gasteiger partial charge in [0.25, 0.3) is 0 Å². The Morgan fingerprint density at radius 2 is 1.77 bits per heavy atom. The van der Waals surface area contributed by atoms with E-state index < -0.39 is 17.0 Å². The van der Waals surface area contributed by atoms with E-state index in [9.17, 15) is 9.59 Å². The number of hydrogen-bond acceptors (Lipinski definition) is 6. The van der Waals surface area contributed by atoms with Crippen molar-refractivity contribution >= 4 is 5.97 Å². The van der Waals surface area contributed by atoms with Gasteiger partial charge in [-0.3, -0.25) is 9.47 Å². The molecule has 1 aliphatic heterocycles. The van der Waals surface area contributed by atoms with Gasteiger partial charge in [0.1, 0.15) is 11.2 Å². The van der Waals surface area contributed by atoms with Gasteiger partial charge >= 0.3 is 5.97 Å². The molecule has 0 fully saturated rings. The van der Waals surface area contributed by atoms with E-state index in [2.05, 4.69) is 5.43 Å². The molecule has 0 aliphatic carbocycles. The molecule has 1 aromatic carbocycles. The largest absolute Gasteiger partial charge is 0.493 e. The second-order valence-electron chi connectivity index (χ2n) is 7.01. The van der Waals surface area contributed by atoms with E-state index in [1.54, 1.807) is 39.7 Å². The van der Waals surface area contributed by atoms with Crippen molar-refractivity contribution in [1.29, 1.82) is 0 Å². The van der Waals surface area contributed by atoms with Crippen LogP contribution in [-0.4, -0.2) is 30.5 Å². The van der Waals surface area contributed by atoms with Gasteiger partial charge < -0.3 is 19.6 Å². The Labute approximate surface area is 151 Å². The van der Waals surface area contributed by atoms with Crippen LogP contribution in [-0.2, 0) is 11.3 Å². The van der Waals surface area contributed by atoms with E-state index in [0.717, 1.165) is 11.1 Å². The molecule has 0 radical (unpaired) electrons. The maximum atomic E-state index is 12.5. The van der Waals surface area contributed by atoms with Crippen molar-refractivity contribution in [2.24, 2.45) is 0 Å². The Morgan fingerprint density at radius 1 is 1.12 bits per heavy atom. The van der Waals surface area contributed by atoms with Crippen LogP contribution in [0.2, 0.25) is 0 Å². The van der Waals surface area contributed by atoms with Gasteiger partial charge in [0.2, 0.25) is 0 Å². The third kappa shape index (κ3) is 3.24. The fraction of sp³-hybridized carbons (Fsp3) is 0.368. The Hall–Kier alpha value is -2.96. The topological polar surface area (TPSA) is 78.8 Å². The minimum atomic E-state index is -0.673. The molecule has 0 saturated heterocycles. The van der Waals surface area contributed by atoms with Crippen molar-refractivity contribution in [3.63, 3.8) is 0 Å². The molecule has 0 amide bonds. The zero-order valence-corrected chi connectivity index (χ0v) is 15.5. The Bertz CT molecular complexity index is 925. The van der Waals surface area contributed by atoms with Crippen LogP contribution in [0.15, 0.2) is 29.2 Å². The SMILES string of the molecule is COc1cc2c(cc1OC)-c1cc(=O)c(C(=O)OC(C)(C)C)cn1NC2. The fourth-order valence-corrected chi connectivity index (χ4v) is 2.83. The lowest BCUT2D eigenvalue weighted by molar-refractivity contribution is 0.00673. The predicted molar refractivity (Wildman–Crippen MR) is 97.5 cm³/mol. The summed E-state index contributed by atoms with van der Waals surface area (Å²) in [5.74, 6) is 0.551. The van der Waals surface area contributed by atoms with Crippen LogP contribution in [0, 0.1) is 0 Å². The number of aromatic nitrogens is 1. The van der Waals surface area contributed by atoms with Crippen molar-refractivity contribution in [3.05, 3.63) is 45.7 Å². The lowest BCUT2D eigenvalue weighted by Gasteiger charge is -2.26. The van der Waals surface area contributed by atoms with E-state index in [4.69, 9.17) is 14.2 Å². The van der Waals surface area contributed by atoms with Gasteiger partial charge in [-0.1, -0.05) is 0 Å². The predicted octanol–water partition coefficient (Wildman–Crippen LogP) is 2.54. The van der Waals surface area contributed by atoms with Gasteiger partial charge in [0, 0.05) is 17.8 Å². The number of nitrogens with zero attached hydrogens (tertiary/aromatic N) is 1. The Morgan fingerprint density at radius 3 is 2.38 bits per heavy atom. The molecule has 3 rings (SSSR count). The number of esters is 1. The van der Waals surface area contributed by atoms with Gasteiger partial charge in [0.05, 0.1) is 26.5 Å². The van der Waals surface area contributed by atoms with Crippen molar-refractivity contribution in [1.82, 2.24) is 4.68 Å². The normalized spacial score (nSPS) is 12.5. The molecule has 7 heteroatoms. The van der Waals surface area contributed by atoms with Crippen LogP contribution in [0.5, 0.6) is 11.5 Å². The molecule has 1 aliphatic rings. The monoisotopic (exact) mass is 358 g/mol. The molecule has 0 bridgehead atoms. The summed E-state index contributed by atoms with van der Waals surface area (Å²) in [5, 5.41) is 0. The van der Waals surface area contributed by atoms with Crippen LogP contribution in [0.4, 0.5) is 0 Å². The first-order chi connectivity index (χ1) is 12.2. The zero-order chi connectivity index (χ0) is 19.1. The summed E-state index contributed by atoms with van der Waals surface area (Å²) in [6, 6.07) is 5.13. The maximum Gasteiger partial charge on any atom is 0.344 e. The summed E-state index contributed by atoms with van der Waals surface area (Å²) in [5.41, 5.74) is 4.54. The molecule has 1 N–H and O–H groups in total. The minimum Gasteiger partial charge on any atom is -0.493 e. The van der Waals surface area contributed by atoms with Crippen LogP contribution in [0.3, 0.4) is 0 Å². The first-order valence-electron chi connectivity index (χ1n) is 8.22. The van der Waals surface area contributed by atoms with Crippen molar-refractivity contribution in [2.45, 2.75) is 32.9 Å². The molecule has 7 nitrogen and oxygen atoms in total. The summed E-state index contributed by atoms with van der Waals surface area (Å²) >= 11 is 0. The third-order valence-electron chi connectivity index (χ3n) is 3.99. The van der Waals surface area contributed by atoms with Gasteiger partial charge in [-0.05, 0) is 38.5 Å². The zero-order valence-electron chi connectivity index (χ0n) is 15.5. The number of ether oxygens (including phenoxy) is 3. The summed E-state index contributed by atoms with van der Waals surface area (Å²) in [6.45, 7) is 5.79. The van der Waals surface area contributed by atoms with Crippen molar-refractivity contribution in [3.8, 4) is 22.8 Å². The molecular formula is C19H22N2O5. The van der Waals surface area contributed by atoms with E-state index in [1.165, 1.54) is 12.3 Å². The van der Waals surface area contributed by atoms with Crippen molar-refractivity contribution in [2.75, 3.05) is 19.6 Å². The molecule has 0 atom stereocenters. The highest BCUT2D eigenvalue weighted by Crippen LogP contribution is 2.37. The smallest absolute Gasteiger partial charge is 0.344 e. The number of benzene rings is 1. The first-order valence-corrected chi connectivity index (χ1v) is 8.22. The van der Waals surface area contributed by atoms with Crippen LogP contribution in [0.25, 0.3) is 11.3 Å². The van der Waals surface area contributed by atoms with E-state index in [1.807, 2.05) is 12.1 Å². The van der Waals surface area contributed by atoms with Crippen LogP contribution >= 0.6 is 0 Å². The van der Waals surface area contributed by atoms with Crippen LogP contribution < -0.4 is 20.3 Å². The average molecular weight is 358 g/mol. The molecule has 0 spiro atoms. The number of nitrogens with one attached hydrogen (secondary N) is 1. The quantitative estimate of drug-likeness (QED) is 0.850. The summed E-state index contributed by atoms with van der Waals surface area (Å²) in [4.78, 5) is 24.8. The lowest BCUT2D eigenvalue weighted by Crippen LogP contribution is -2.31. The van der Waals surface area contributed by atoms with E-state index in [-0.39, 0.29) is 5.56 Å². The standard InChI is InChI=1S/C19H22N2O5/c1-19(2,3)26-18(23)13-10-21-14(8-15(13)22)12-7-17(25-5)16(24-4)6-11(12)9-20-21/h6-8,10,20H,9H2,1-5H3. The highest BCUT2D eigenvalue weighted by Gasteiger charge is 2.24. The second-order valence-corrected chi connectivity index (χ2v) is 7.01. The number of fused-ring (bicyclic) bond motifs is 3. The number of pyridine rings is 1. The average Bonchev–Trinajstić information content (AvgIpc) is 2.58. The minimum absolute atomic E-state index is 0.0138. The summed E-state index contributed by atoms with van der Waals surface area (Å²) in [6.07, 6.45) is 1.48. The Balaban J connectivity index is 2.09. The summed E-state index contributed by atoms with van der Waals surface area (Å²) < 4.78 is 17.7. The number of carbonyl (C=O) groups excluding carboxylic acids is 1. The van der Waals surface area contributed by atoms with Gasteiger partial charge in [-0.25, -0.2) is 4.79 Å². The highest BCUT2D eigenvalue weighted by molar-refractivity contribution is 5.90. The van der Waals surface area contributed by atoms with E-state index in [0.29, 0.717) is 23.7 Å². The Kier molecular flexibility index (Phi) is 4.39. The van der Waals surface area contributed by atoms with Crippen LogP contribution in [0.1, 0.15) is 36.7 Å². The van der Waals surface area contributed by atoms with E-state index >= 15 is 0 Å². The summed E-state index contributed by atoms with van der Waals surface area (Å²) in [7, 11) is 3.13. The second kappa shape index (κ2) is 6.40.